The van der Waals surface area contributed by atoms with Gasteiger partial charge in [-0.3, -0.25) is 8.37 Å². The van der Waals surface area contributed by atoms with Crippen molar-refractivity contribution in [2.75, 3.05) is 0 Å². The predicted octanol–water partition coefficient (Wildman–Crippen LogP) is 2.17. The Kier molecular flexibility index (Phi) is 8.52. The molecule has 11 heteroatoms. The van der Waals surface area contributed by atoms with Crippen molar-refractivity contribution < 1.29 is 42.4 Å². The van der Waals surface area contributed by atoms with Gasteiger partial charge in [0.25, 0.3) is 0 Å². The van der Waals surface area contributed by atoms with E-state index in [1.54, 1.807) is 0 Å². The average molecular weight is 320 g/mol. The summed E-state index contributed by atoms with van der Waals surface area (Å²) >= 11 is 0.977. The molecule has 1 rings (SSSR count). The van der Waals surface area contributed by atoms with Crippen LogP contribution < -0.4 is 0 Å². The first kappa shape index (κ1) is 17.4. The lowest BCUT2D eigenvalue weighted by atomic mass is 9.89. The minimum atomic E-state index is -0.364. The SMILES string of the molecule is CC1OC(C)[C@H](OSOOO)C(C)C1OSOOO. The van der Waals surface area contributed by atoms with Crippen molar-refractivity contribution in [3.63, 3.8) is 0 Å². The molecular formula is C8H16O9S2. The van der Waals surface area contributed by atoms with E-state index in [1.165, 1.54) is 0 Å². The second-order valence-electron chi connectivity index (χ2n) is 3.95. The maximum Gasteiger partial charge on any atom is 0.198 e. The van der Waals surface area contributed by atoms with E-state index in [-0.39, 0.29) is 30.3 Å². The summed E-state index contributed by atoms with van der Waals surface area (Å²) in [5.41, 5.74) is 0. The highest BCUT2D eigenvalue weighted by molar-refractivity contribution is 7.90. The molecule has 0 aromatic carbocycles. The van der Waals surface area contributed by atoms with Gasteiger partial charge in [-0.25, -0.2) is 10.5 Å². The van der Waals surface area contributed by atoms with Gasteiger partial charge in [-0.05, 0) is 13.8 Å². The van der Waals surface area contributed by atoms with Crippen molar-refractivity contribution in [1.82, 2.24) is 0 Å². The van der Waals surface area contributed by atoms with Gasteiger partial charge in [-0.15, -0.1) is 8.67 Å². The highest BCUT2D eigenvalue weighted by Crippen LogP contribution is 2.34. The third-order valence-corrected chi connectivity index (χ3v) is 3.64. The predicted molar refractivity (Wildman–Crippen MR) is 63.7 cm³/mol. The Morgan fingerprint density at radius 1 is 0.842 bits per heavy atom. The zero-order valence-electron chi connectivity index (χ0n) is 10.5. The molecule has 1 aliphatic rings. The first-order chi connectivity index (χ1) is 9.11. The Hall–Kier alpha value is 0.340. The maximum absolute atomic E-state index is 8.03. The number of hydrogen-bond donors (Lipinski definition) is 2. The molecule has 9 nitrogen and oxygen atoms in total. The van der Waals surface area contributed by atoms with Crippen molar-refractivity contribution in [2.24, 2.45) is 5.92 Å². The van der Waals surface area contributed by atoms with Crippen molar-refractivity contribution >= 4 is 24.6 Å². The van der Waals surface area contributed by atoms with Crippen LogP contribution in [0, 0.1) is 5.92 Å². The van der Waals surface area contributed by atoms with Crippen molar-refractivity contribution in [3.8, 4) is 0 Å². The average Bonchev–Trinajstić information content (AvgIpc) is 2.37. The Bertz CT molecular complexity index is 224. The normalized spacial score (nSPS) is 35.5. The van der Waals surface area contributed by atoms with Crippen molar-refractivity contribution in [1.29, 1.82) is 0 Å². The molecule has 0 amide bonds. The summed E-state index contributed by atoms with van der Waals surface area (Å²) in [6.07, 6.45) is -1.15. The zero-order valence-corrected chi connectivity index (χ0v) is 12.1. The van der Waals surface area contributed by atoms with Gasteiger partial charge in [0.1, 0.15) is 12.2 Å². The van der Waals surface area contributed by atoms with Crippen LogP contribution in [0.25, 0.3) is 0 Å². The molecule has 1 heterocycles. The van der Waals surface area contributed by atoms with Crippen molar-refractivity contribution in [3.05, 3.63) is 0 Å². The quantitative estimate of drug-likeness (QED) is 0.297. The summed E-state index contributed by atoms with van der Waals surface area (Å²) in [6.45, 7) is 5.58. The lowest BCUT2D eigenvalue weighted by Gasteiger charge is -2.41. The molecule has 0 saturated carbocycles. The third kappa shape index (κ3) is 5.32. The molecular weight excluding hydrogens is 304 g/mol. The Balaban J connectivity index is 2.50. The number of rotatable bonds is 8. The minimum Gasteiger partial charge on any atom is -0.370 e. The first-order valence-corrected chi connectivity index (χ1v) is 6.71. The Morgan fingerprint density at radius 3 is 1.63 bits per heavy atom. The molecule has 0 aromatic rings. The summed E-state index contributed by atoms with van der Waals surface area (Å²) in [5, 5.41) is 22.9. The monoisotopic (exact) mass is 320 g/mol. The maximum atomic E-state index is 8.03. The molecule has 2 N–H and O–H groups in total. The molecule has 0 radical (unpaired) electrons. The van der Waals surface area contributed by atoms with Gasteiger partial charge in [0.15, 0.2) is 24.6 Å². The molecule has 0 spiro atoms. The Morgan fingerprint density at radius 2 is 1.26 bits per heavy atom. The van der Waals surface area contributed by atoms with Gasteiger partial charge in [0.2, 0.25) is 0 Å². The van der Waals surface area contributed by atoms with Crippen LogP contribution in [-0.4, -0.2) is 34.9 Å². The summed E-state index contributed by atoms with van der Waals surface area (Å²) < 4.78 is 24.6. The van der Waals surface area contributed by atoms with E-state index in [4.69, 9.17) is 23.6 Å². The molecule has 1 aliphatic heterocycles. The largest absolute Gasteiger partial charge is 0.370 e. The van der Waals surface area contributed by atoms with Gasteiger partial charge in [-0.2, -0.15) is 0 Å². The topological polar surface area (TPSA) is 105 Å². The fourth-order valence-electron chi connectivity index (χ4n) is 2.01. The van der Waals surface area contributed by atoms with E-state index in [0.717, 1.165) is 0 Å². The molecule has 19 heavy (non-hydrogen) atoms. The van der Waals surface area contributed by atoms with Gasteiger partial charge in [-0.1, -0.05) is 17.0 Å². The zero-order chi connectivity index (χ0) is 14.3. The van der Waals surface area contributed by atoms with Crippen LogP contribution in [0.2, 0.25) is 0 Å². The van der Waals surface area contributed by atoms with Crippen LogP contribution in [0.15, 0.2) is 0 Å². The van der Waals surface area contributed by atoms with Gasteiger partial charge in [0.05, 0.1) is 12.2 Å². The number of ether oxygens (including phenoxy) is 1. The van der Waals surface area contributed by atoms with Crippen LogP contribution in [0.4, 0.5) is 0 Å². The highest BCUT2D eigenvalue weighted by atomic mass is 32.2. The standard InChI is InChI=1S/C8H16O9S2/c1-4-7(12-18-16-14-9)5(2)11-6(3)8(4)13-19-17-15-10/h4-10H,1-3H3/t4?,5?,6?,7-,8?/m1/s1. The van der Waals surface area contributed by atoms with E-state index < -0.39 is 0 Å². The minimum absolute atomic E-state index is 0.0802. The van der Waals surface area contributed by atoms with Gasteiger partial charge >= 0.3 is 0 Å². The summed E-state index contributed by atoms with van der Waals surface area (Å²) in [6, 6.07) is 0. The first-order valence-electron chi connectivity index (χ1n) is 5.37. The van der Waals surface area contributed by atoms with Crippen LogP contribution in [0.5, 0.6) is 0 Å². The summed E-state index contributed by atoms with van der Waals surface area (Å²) in [4.78, 5) is 0. The fraction of sp³-hybridized carbons (Fsp3) is 1.00. The van der Waals surface area contributed by atoms with E-state index in [9.17, 15) is 0 Å². The lowest BCUT2D eigenvalue weighted by molar-refractivity contribution is -0.435. The van der Waals surface area contributed by atoms with E-state index in [0.29, 0.717) is 24.6 Å². The van der Waals surface area contributed by atoms with E-state index in [2.05, 4.69) is 18.7 Å². The molecule has 1 saturated heterocycles. The van der Waals surface area contributed by atoms with Crippen LogP contribution in [0.1, 0.15) is 20.8 Å². The smallest absolute Gasteiger partial charge is 0.198 e. The van der Waals surface area contributed by atoms with Gasteiger partial charge < -0.3 is 4.74 Å². The van der Waals surface area contributed by atoms with Crippen LogP contribution in [0.3, 0.4) is 0 Å². The summed E-state index contributed by atoms with van der Waals surface area (Å²) in [7, 11) is 0. The lowest BCUT2D eigenvalue weighted by Crippen LogP contribution is -2.52. The highest BCUT2D eigenvalue weighted by Gasteiger charge is 2.42. The van der Waals surface area contributed by atoms with Crippen molar-refractivity contribution in [2.45, 2.75) is 45.2 Å². The van der Waals surface area contributed by atoms with Crippen LogP contribution >= 0.6 is 24.6 Å². The van der Waals surface area contributed by atoms with Crippen LogP contribution in [-0.2, 0) is 31.8 Å². The molecule has 0 bridgehead atoms. The van der Waals surface area contributed by atoms with E-state index >= 15 is 0 Å². The molecule has 5 atom stereocenters. The van der Waals surface area contributed by atoms with Gasteiger partial charge in [0, 0.05) is 5.92 Å². The molecule has 114 valence electrons. The second-order valence-corrected chi connectivity index (χ2v) is 4.88. The fourth-order valence-corrected chi connectivity index (χ4v) is 2.97. The molecule has 0 aliphatic carbocycles. The second kappa shape index (κ2) is 9.31. The third-order valence-electron chi connectivity index (χ3n) is 2.81. The molecule has 0 aromatic heterocycles. The van der Waals surface area contributed by atoms with E-state index in [1.807, 2.05) is 20.8 Å². The molecule has 4 unspecified atom stereocenters. The summed E-state index contributed by atoms with van der Waals surface area (Å²) in [5.74, 6) is -0.0802. The Labute approximate surface area is 118 Å². The molecule has 1 fully saturated rings. The number of hydrogen-bond acceptors (Lipinski definition) is 11.